The molecule has 2 aromatic rings. The van der Waals surface area contributed by atoms with Gasteiger partial charge in [0.25, 0.3) is 5.91 Å². The summed E-state index contributed by atoms with van der Waals surface area (Å²) in [6.07, 6.45) is 2.80. The van der Waals surface area contributed by atoms with Gasteiger partial charge in [0.1, 0.15) is 5.75 Å². The van der Waals surface area contributed by atoms with Gasteiger partial charge in [0.2, 0.25) is 0 Å². The second kappa shape index (κ2) is 10.7. The van der Waals surface area contributed by atoms with Crippen LogP contribution < -0.4 is 10.1 Å². The van der Waals surface area contributed by atoms with E-state index in [-0.39, 0.29) is 0 Å². The third-order valence-electron chi connectivity index (χ3n) is 3.90. The number of hydrogen-bond acceptors (Lipinski definition) is 6. The molecule has 1 N–H and O–H groups in total. The normalized spacial score (nSPS) is 10.4. The van der Waals surface area contributed by atoms with Gasteiger partial charge in [0.15, 0.2) is 6.61 Å². The summed E-state index contributed by atoms with van der Waals surface area (Å²) in [6.45, 7) is 3.70. The number of benzene rings is 2. The lowest BCUT2D eigenvalue weighted by Crippen LogP contribution is -2.21. The molecule has 0 spiro atoms. The number of hydrogen-bond donors (Lipinski definition) is 1. The summed E-state index contributed by atoms with van der Waals surface area (Å²) < 4.78 is 15.1. The monoisotopic (exact) mass is 397 g/mol. The molecule has 0 saturated heterocycles. The number of esters is 2. The Morgan fingerprint density at radius 3 is 2.59 bits per heavy atom. The molecule has 0 aromatic heterocycles. The van der Waals surface area contributed by atoms with Crippen molar-refractivity contribution in [3.05, 3.63) is 65.2 Å². The first-order chi connectivity index (χ1) is 13.9. The van der Waals surface area contributed by atoms with Crippen LogP contribution in [0.15, 0.2) is 48.5 Å². The van der Waals surface area contributed by atoms with Crippen molar-refractivity contribution in [2.45, 2.75) is 13.8 Å². The number of para-hydroxylation sites is 1. The first-order valence-electron chi connectivity index (χ1n) is 9.00. The van der Waals surface area contributed by atoms with Gasteiger partial charge in [-0.25, -0.2) is 9.59 Å². The molecule has 7 nitrogen and oxygen atoms in total. The lowest BCUT2D eigenvalue weighted by Gasteiger charge is -2.10. The van der Waals surface area contributed by atoms with Crippen molar-refractivity contribution in [3.8, 4) is 5.75 Å². The molecule has 0 aliphatic heterocycles. The van der Waals surface area contributed by atoms with Crippen LogP contribution in [0.2, 0.25) is 0 Å². The lowest BCUT2D eigenvalue weighted by molar-refractivity contribution is -0.142. The molecule has 0 saturated carbocycles. The van der Waals surface area contributed by atoms with Crippen LogP contribution in [-0.4, -0.2) is 38.2 Å². The van der Waals surface area contributed by atoms with Crippen LogP contribution in [0.1, 0.15) is 28.4 Å². The van der Waals surface area contributed by atoms with Crippen LogP contribution in [-0.2, 0) is 19.1 Å². The SMILES string of the molecule is CCOc1ccccc1/C=C/C(=O)OCC(=O)Nc1cc(C(=O)OC)ccc1C. The number of amides is 1. The minimum atomic E-state index is -0.661. The molecular weight excluding hydrogens is 374 g/mol. The average Bonchev–Trinajstić information content (AvgIpc) is 2.72. The fourth-order valence-electron chi connectivity index (χ4n) is 2.44. The maximum absolute atomic E-state index is 12.1. The van der Waals surface area contributed by atoms with Crippen LogP contribution in [0.5, 0.6) is 5.75 Å². The van der Waals surface area contributed by atoms with Crippen molar-refractivity contribution >= 4 is 29.6 Å². The summed E-state index contributed by atoms with van der Waals surface area (Å²) in [6, 6.07) is 12.1. The summed E-state index contributed by atoms with van der Waals surface area (Å²) in [5.41, 5.74) is 2.23. The smallest absolute Gasteiger partial charge is 0.337 e. The van der Waals surface area contributed by atoms with Crippen molar-refractivity contribution < 1.29 is 28.6 Å². The standard InChI is InChI=1S/C22H23NO6/c1-4-28-19-8-6-5-7-16(19)11-12-21(25)29-14-20(24)23-18-13-17(22(26)27-3)10-9-15(18)2/h5-13H,4,14H2,1-3H3,(H,23,24)/b12-11+. The second-order valence-corrected chi connectivity index (χ2v) is 5.98. The number of carbonyl (C=O) groups is 3. The first-order valence-corrected chi connectivity index (χ1v) is 9.00. The highest BCUT2D eigenvalue weighted by molar-refractivity contribution is 5.97. The van der Waals surface area contributed by atoms with E-state index in [1.807, 2.05) is 19.1 Å². The Hall–Kier alpha value is -3.61. The van der Waals surface area contributed by atoms with Gasteiger partial charge in [0.05, 0.1) is 19.3 Å². The topological polar surface area (TPSA) is 90.9 Å². The lowest BCUT2D eigenvalue weighted by atomic mass is 10.1. The molecule has 152 valence electrons. The second-order valence-electron chi connectivity index (χ2n) is 5.98. The largest absolute Gasteiger partial charge is 0.493 e. The summed E-state index contributed by atoms with van der Waals surface area (Å²) >= 11 is 0. The van der Waals surface area contributed by atoms with E-state index in [1.54, 1.807) is 37.3 Å². The van der Waals surface area contributed by atoms with Crippen LogP contribution in [0.25, 0.3) is 6.08 Å². The molecule has 29 heavy (non-hydrogen) atoms. The van der Waals surface area contributed by atoms with Crippen molar-refractivity contribution in [2.75, 3.05) is 25.6 Å². The number of nitrogens with one attached hydrogen (secondary N) is 1. The molecular formula is C22H23NO6. The summed E-state index contributed by atoms with van der Waals surface area (Å²) in [7, 11) is 1.28. The predicted molar refractivity (Wildman–Crippen MR) is 109 cm³/mol. The van der Waals surface area contributed by atoms with E-state index in [1.165, 1.54) is 19.3 Å². The van der Waals surface area contributed by atoms with Gasteiger partial charge in [0, 0.05) is 17.3 Å². The van der Waals surface area contributed by atoms with E-state index in [4.69, 9.17) is 9.47 Å². The van der Waals surface area contributed by atoms with Gasteiger partial charge < -0.3 is 19.5 Å². The van der Waals surface area contributed by atoms with Gasteiger partial charge in [-0.1, -0.05) is 24.3 Å². The maximum Gasteiger partial charge on any atom is 0.337 e. The molecule has 7 heteroatoms. The Labute approximate surface area is 169 Å². The fourth-order valence-corrected chi connectivity index (χ4v) is 2.44. The van der Waals surface area contributed by atoms with Gasteiger partial charge in [-0.05, 0) is 43.7 Å². The van der Waals surface area contributed by atoms with E-state index in [0.29, 0.717) is 23.6 Å². The zero-order valence-corrected chi connectivity index (χ0v) is 16.6. The van der Waals surface area contributed by atoms with Crippen molar-refractivity contribution in [1.29, 1.82) is 0 Å². The number of rotatable bonds is 8. The Bertz CT molecular complexity index is 919. The van der Waals surface area contributed by atoms with E-state index >= 15 is 0 Å². The van der Waals surface area contributed by atoms with Gasteiger partial charge >= 0.3 is 11.9 Å². The van der Waals surface area contributed by atoms with Crippen molar-refractivity contribution in [2.24, 2.45) is 0 Å². The molecule has 0 unspecified atom stereocenters. The summed E-state index contributed by atoms with van der Waals surface area (Å²) in [5, 5.41) is 2.62. The third kappa shape index (κ3) is 6.49. The highest BCUT2D eigenvalue weighted by Crippen LogP contribution is 2.19. The quantitative estimate of drug-likeness (QED) is 0.542. The molecule has 0 radical (unpaired) electrons. The number of anilines is 1. The number of aryl methyl sites for hydroxylation is 1. The van der Waals surface area contributed by atoms with E-state index in [9.17, 15) is 14.4 Å². The summed E-state index contributed by atoms with van der Waals surface area (Å²) in [5.74, 6) is -1.04. The summed E-state index contributed by atoms with van der Waals surface area (Å²) in [4.78, 5) is 35.6. The highest BCUT2D eigenvalue weighted by Gasteiger charge is 2.11. The molecule has 0 aliphatic rings. The van der Waals surface area contributed by atoms with E-state index in [2.05, 4.69) is 10.1 Å². The molecule has 2 aromatic carbocycles. The number of carbonyl (C=O) groups excluding carboxylic acids is 3. The predicted octanol–water partition coefficient (Wildman–Crippen LogP) is 3.38. The van der Waals surface area contributed by atoms with E-state index in [0.717, 1.165) is 11.1 Å². The zero-order chi connectivity index (χ0) is 21.2. The zero-order valence-electron chi connectivity index (χ0n) is 16.6. The molecule has 0 atom stereocenters. The first kappa shape index (κ1) is 21.7. The Kier molecular flexibility index (Phi) is 7.97. The highest BCUT2D eigenvalue weighted by atomic mass is 16.5. The molecule has 0 heterocycles. The average molecular weight is 397 g/mol. The number of ether oxygens (including phenoxy) is 3. The molecule has 2 rings (SSSR count). The minimum absolute atomic E-state index is 0.307. The van der Waals surface area contributed by atoms with Gasteiger partial charge in [-0.2, -0.15) is 0 Å². The minimum Gasteiger partial charge on any atom is -0.493 e. The van der Waals surface area contributed by atoms with Crippen molar-refractivity contribution in [1.82, 2.24) is 0 Å². The van der Waals surface area contributed by atoms with Crippen LogP contribution in [0, 0.1) is 6.92 Å². The Balaban J connectivity index is 1.93. The fraction of sp³-hybridized carbons (Fsp3) is 0.227. The van der Waals surface area contributed by atoms with Gasteiger partial charge in [-0.15, -0.1) is 0 Å². The van der Waals surface area contributed by atoms with Crippen LogP contribution >= 0.6 is 0 Å². The van der Waals surface area contributed by atoms with Gasteiger partial charge in [-0.3, -0.25) is 4.79 Å². The third-order valence-corrected chi connectivity index (χ3v) is 3.90. The Morgan fingerprint density at radius 1 is 1.10 bits per heavy atom. The van der Waals surface area contributed by atoms with Crippen LogP contribution in [0.4, 0.5) is 5.69 Å². The van der Waals surface area contributed by atoms with Crippen molar-refractivity contribution in [3.63, 3.8) is 0 Å². The molecule has 0 bridgehead atoms. The number of methoxy groups -OCH3 is 1. The van der Waals surface area contributed by atoms with E-state index < -0.39 is 24.5 Å². The Morgan fingerprint density at radius 2 is 1.86 bits per heavy atom. The van der Waals surface area contributed by atoms with Crippen LogP contribution in [0.3, 0.4) is 0 Å². The maximum atomic E-state index is 12.1. The molecule has 0 fully saturated rings. The molecule has 0 aliphatic carbocycles. The molecule has 1 amide bonds.